The van der Waals surface area contributed by atoms with Crippen LogP contribution in [0.1, 0.15) is 25.8 Å². The van der Waals surface area contributed by atoms with Gasteiger partial charge in [0.05, 0.1) is 4.90 Å². The lowest BCUT2D eigenvalue weighted by Crippen LogP contribution is -2.45. The Morgan fingerprint density at radius 1 is 1.45 bits per heavy atom. The van der Waals surface area contributed by atoms with E-state index in [0.717, 1.165) is 12.1 Å². The van der Waals surface area contributed by atoms with E-state index >= 15 is 0 Å². The van der Waals surface area contributed by atoms with Crippen LogP contribution >= 0.6 is 0 Å². The summed E-state index contributed by atoms with van der Waals surface area (Å²) < 4.78 is 39.7. The Kier molecular flexibility index (Phi) is 5.24. The van der Waals surface area contributed by atoms with Crippen molar-refractivity contribution in [2.75, 3.05) is 0 Å². The van der Waals surface area contributed by atoms with Gasteiger partial charge in [-0.2, -0.15) is 4.72 Å². The molecule has 0 saturated carbocycles. The predicted octanol–water partition coefficient (Wildman–Crippen LogP) is 1.91. The summed E-state index contributed by atoms with van der Waals surface area (Å²) in [5.74, 6) is -2.32. The highest BCUT2D eigenvalue weighted by molar-refractivity contribution is 7.89. The second kappa shape index (κ2) is 6.32. The standard InChI is InChI=1S/C13H18FNO4S/c1-4-8(2)12(13(16)17)15-20(18,19)11-7-10(14)6-5-9(11)3/h5-8,12,15H,4H2,1-3H3,(H,16,17). The number of aliphatic carboxylic acids is 1. The van der Waals surface area contributed by atoms with Gasteiger partial charge in [-0.1, -0.05) is 26.3 Å². The fourth-order valence-corrected chi connectivity index (χ4v) is 3.29. The largest absolute Gasteiger partial charge is 0.480 e. The Bertz CT molecular complexity index is 600. The molecule has 1 aromatic carbocycles. The number of hydrogen-bond acceptors (Lipinski definition) is 3. The normalized spacial score (nSPS) is 14.8. The molecule has 0 aromatic heterocycles. The van der Waals surface area contributed by atoms with Crippen LogP contribution in [0.4, 0.5) is 4.39 Å². The third kappa shape index (κ3) is 3.77. The zero-order chi connectivity index (χ0) is 15.5. The summed E-state index contributed by atoms with van der Waals surface area (Å²) in [6.45, 7) is 4.93. The van der Waals surface area contributed by atoms with Gasteiger partial charge >= 0.3 is 5.97 Å². The number of aryl methyl sites for hydroxylation is 1. The quantitative estimate of drug-likeness (QED) is 0.841. The number of benzene rings is 1. The van der Waals surface area contributed by atoms with E-state index in [0.29, 0.717) is 12.0 Å². The Balaban J connectivity index is 3.16. The summed E-state index contributed by atoms with van der Waals surface area (Å²) in [7, 11) is -4.08. The Morgan fingerprint density at radius 3 is 2.55 bits per heavy atom. The molecule has 0 radical (unpaired) electrons. The van der Waals surface area contributed by atoms with Crippen LogP contribution < -0.4 is 4.72 Å². The number of carboxylic acids is 1. The molecule has 112 valence electrons. The molecule has 0 bridgehead atoms. The highest BCUT2D eigenvalue weighted by Gasteiger charge is 2.30. The van der Waals surface area contributed by atoms with Crippen LogP contribution in [0.2, 0.25) is 0 Å². The van der Waals surface area contributed by atoms with Crippen LogP contribution in [0.5, 0.6) is 0 Å². The summed E-state index contributed by atoms with van der Waals surface area (Å²) in [6, 6.07) is 2.13. The molecule has 1 aromatic rings. The van der Waals surface area contributed by atoms with Gasteiger partial charge in [0.25, 0.3) is 0 Å². The van der Waals surface area contributed by atoms with Gasteiger partial charge in [0.15, 0.2) is 0 Å². The molecule has 0 aliphatic heterocycles. The Morgan fingerprint density at radius 2 is 2.05 bits per heavy atom. The summed E-state index contributed by atoms with van der Waals surface area (Å²) in [5, 5.41) is 9.11. The molecule has 7 heteroatoms. The Labute approximate surface area is 117 Å². The lowest BCUT2D eigenvalue weighted by atomic mass is 10.0. The molecular formula is C13H18FNO4S. The van der Waals surface area contributed by atoms with Gasteiger partial charge in [-0.15, -0.1) is 0 Å². The number of halogens is 1. The molecule has 2 N–H and O–H groups in total. The minimum Gasteiger partial charge on any atom is -0.480 e. The van der Waals surface area contributed by atoms with Gasteiger partial charge in [-0.05, 0) is 30.5 Å². The first-order valence-electron chi connectivity index (χ1n) is 6.20. The van der Waals surface area contributed by atoms with Gasteiger partial charge in [0, 0.05) is 0 Å². The SMILES string of the molecule is CCC(C)C(NS(=O)(=O)c1cc(F)ccc1C)C(=O)O. The van der Waals surface area contributed by atoms with E-state index in [1.54, 1.807) is 13.8 Å². The van der Waals surface area contributed by atoms with E-state index in [1.165, 1.54) is 13.0 Å². The molecule has 0 fully saturated rings. The predicted molar refractivity (Wildman–Crippen MR) is 72.3 cm³/mol. The zero-order valence-corrected chi connectivity index (χ0v) is 12.4. The molecule has 5 nitrogen and oxygen atoms in total. The second-order valence-electron chi connectivity index (χ2n) is 4.73. The molecule has 20 heavy (non-hydrogen) atoms. The highest BCUT2D eigenvalue weighted by Crippen LogP contribution is 2.18. The monoisotopic (exact) mass is 303 g/mol. The van der Waals surface area contributed by atoms with Crippen LogP contribution in [0.3, 0.4) is 0 Å². The molecule has 2 unspecified atom stereocenters. The van der Waals surface area contributed by atoms with Crippen LogP contribution in [-0.4, -0.2) is 25.5 Å². The van der Waals surface area contributed by atoms with Crippen molar-refractivity contribution in [2.24, 2.45) is 5.92 Å². The van der Waals surface area contributed by atoms with Gasteiger partial charge in [-0.25, -0.2) is 12.8 Å². The van der Waals surface area contributed by atoms with Crippen LogP contribution in [0.25, 0.3) is 0 Å². The van der Waals surface area contributed by atoms with E-state index in [4.69, 9.17) is 5.11 Å². The number of carbonyl (C=O) groups is 1. The maximum atomic E-state index is 13.2. The van der Waals surface area contributed by atoms with E-state index in [1.807, 2.05) is 0 Å². The molecule has 0 saturated heterocycles. The minimum atomic E-state index is -4.08. The van der Waals surface area contributed by atoms with Crippen LogP contribution in [0.15, 0.2) is 23.1 Å². The molecule has 2 atom stereocenters. The van der Waals surface area contributed by atoms with Crippen molar-refractivity contribution >= 4 is 16.0 Å². The van der Waals surface area contributed by atoms with Gasteiger partial charge in [-0.3, -0.25) is 4.79 Å². The second-order valence-corrected chi connectivity index (χ2v) is 6.41. The summed E-state index contributed by atoms with van der Waals surface area (Å²) >= 11 is 0. The summed E-state index contributed by atoms with van der Waals surface area (Å²) in [6.07, 6.45) is 0.502. The molecule has 0 aliphatic carbocycles. The number of sulfonamides is 1. The fraction of sp³-hybridized carbons (Fsp3) is 0.462. The lowest BCUT2D eigenvalue weighted by Gasteiger charge is -2.20. The third-order valence-electron chi connectivity index (χ3n) is 3.20. The van der Waals surface area contributed by atoms with Crippen LogP contribution in [0, 0.1) is 18.7 Å². The topological polar surface area (TPSA) is 83.5 Å². The maximum Gasteiger partial charge on any atom is 0.322 e. The first kappa shape index (κ1) is 16.6. The highest BCUT2D eigenvalue weighted by atomic mass is 32.2. The van der Waals surface area contributed by atoms with Crippen molar-refractivity contribution in [1.29, 1.82) is 0 Å². The number of rotatable bonds is 6. The van der Waals surface area contributed by atoms with Crippen molar-refractivity contribution in [3.8, 4) is 0 Å². The summed E-state index contributed by atoms with van der Waals surface area (Å²) in [4.78, 5) is 10.9. The molecule has 0 spiro atoms. The maximum absolute atomic E-state index is 13.2. The van der Waals surface area contributed by atoms with Crippen molar-refractivity contribution < 1.29 is 22.7 Å². The van der Waals surface area contributed by atoms with Crippen LogP contribution in [-0.2, 0) is 14.8 Å². The first-order valence-corrected chi connectivity index (χ1v) is 7.68. The lowest BCUT2D eigenvalue weighted by molar-refractivity contribution is -0.140. The van der Waals surface area contributed by atoms with Crippen molar-refractivity contribution in [3.63, 3.8) is 0 Å². The third-order valence-corrected chi connectivity index (χ3v) is 4.78. The van der Waals surface area contributed by atoms with E-state index in [-0.39, 0.29) is 10.8 Å². The van der Waals surface area contributed by atoms with Crippen molar-refractivity contribution in [2.45, 2.75) is 38.1 Å². The van der Waals surface area contributed by atoms with E-state index in [2.05, 4.69) is 4.72 Å². The average molecular weight is 303 g/mol. The van der Waals surface area contributed by atoms with Gasteiger partial charge < -0.3 is 5.11 Å². The Hall–Kier alpha value is -1.47. The van der Waals surface area contributed by atoms with E-state index < -0.39 is 27.9 Å². The van der Waals surface area contributed by atoms with Gasteiger partial charge in [0.2, 0.25) is 10.0 Å². The van der Waals surface area contributed by atoms with Crippen molar-refractivity contribution in [1.82, 2.24) is 4.72 Å². The number of hydrogen-bond donors (Lipinski definition) is 2. The summed E-state index contributed by atoms with van der Waals surface area (Å²) in [5.41, 5.74) is 0.354. The molecule has 0 amide bonds. The smallest absolute Gasteiger partial charge is 0.322 e. The molecule has 0 aliphatic rings. The van der Waals surface area contributed by atoms with E-state index in [9.17, 15) is 17.6 Å². The molecule has 0 heterocycles. The molecular weight excluding hydrogens is 285 g/mol. The number of nitrogens with one attached hydrogen (secondary N) is 1. The number of carboxylic acid groups (broad SMARTS) is 1. The average Bonchev–Trinajstić information content (AvgIpc) is 2.37. The first-order chi connectivity index (χ1) is 9.19. The van der Waals surface area contributed by atoms with Crippen molar-refractivity contribution in [3.05, 3.63) is 29.6 Å². The minimum absolute atomic E-state index is 0.243. The van der Waals surface area contributed by atoms with Gasteiger partial charge in [0.1, 0.15) is 11.9 Å². The fourth-order valence-electron chi connectivity index (χ4n) is 1.74. The molecule has 1 rings (SSSR count). The zero-order valence-electron chi connectivity index (χ0n) is 11.6.